The molecule has 3 N–H and O–H groups in total. The van der Waals surface area contributed by atoms with E-state index in [-0.39, 0.29) is 23.1 Å². The van der Waals surface area contributed by atoms with E-state index >= 15 is 0 Å². The number of rotatable bonds is 9. The number of hydrogen-bond donors (Lipinski definition) is 3. The van der Waals surface area contributed by atoms with Crippen LogP contribution in [0.1, 0.15) is 88.5 Å². The van der Waals surface area contributed by atoms with Crippen molar-refractivity contribution < 1.29 is 27.5 Å². The number of benzene rings is 1. The molecule has 11 heteroatoms. The molecule has 2 aliphatic rings. The van der Waals surface area contributed by atoms with E-state index in [9.17, 15) is 27.5 Å². The maximum Gasteiger partial charge on any atom is 0.419 e. The molecule has 1 amide bonds. The number of carbonyl (C=O) groups is 1. The molecule has 1 aromatic carbocycles. The molecule has 1 aliphatic heterocycles. The maximum absolute atomic E-state index is 14.1. The number of aliphatic imine (C=N–C) groups is 1. The van der Waals surface area contributed by atoms with Crippen molar-refractivity contribution in [2.24, 2.45) is 4.99 Å². The molecule has 1 saturated carbocycles. The molecule has 0 bridgehead atoms. The second-order valence-electron chi connectivity index (χ2n) is 11.1. The minimum atomic E-state index is -4.85. The number of alkyl halides is 3. The number of aliphatic hydroxyl groups excluding tert-OH is 1. The lowest BCUT2D eigenvalue weighted by Gasteiger charge is -2.31. The fraction of sp³-hybridized carbons (Fsp3) is 0.516. The van der Waals surface area contributed by atoms with Gasteiger partial charge < -0.3 is 15.3 Å². The minimum absolute atomic E-state index is 0.0476. The number of amides is 1. The van der Waals surface area contributed by atoms with Crippen molar-refractivity contribution in [1.82, 2.24) is 20.4 Å². The number of carbonyl (C=O) groups excluding carboxylic acids is 1. The number of halogens is 4. The van der Waals surface area contributed by atoms with Gasteiger partial charge in [-0.25, -0.2) is 9.38 Å². The highest BCUT2D eigenvalue weighted by Crippen LogP contribution is 2.39. The Morgan fingerprint density at radius 2 is 1.88 bits per heavy atom. The Balaban J connectivity index is 1.71. The van der Waals surface area contributed by atoms with Crippen LogP contribution in [0.15, 0.2) is 40.7 Å². The first kappa shape index (κ1) is 31.5. The largest absolute Gasteiger partial charge is 0.419 e. The predicted molar refractivity (Wildman–Crippen MR) is 155 cm³/mol. The number of aliphatic hydroxyl groups is 1. The normalized spacial score (nSPS) is 18.2. The molecule has 1 saturated heterocycles. The molecule has 0 spiro atoms. The van der Waals surface area contributed by atoms with Gasteiger partial charge in [-0.05, 0) is 81.4 Å². The molecule has 2 heterocycles. The van der Waals surface area contributed by atoms with Gasteiger partial charge in [0.1, 0.15) is 18.2 Å². The molecule has 0 atom stereocenters. The van der Waals surface area contributed by atoms with Gasteiger partial charge in [0.25, 0.3) is 0 Å². The summed E-state index contributed by atoms with van der Waals surface area (Å²) in [4.78, 5) is 18.3. The highest BCUT2D eigenvalue weighted by molar-refractivity contribution is 5.89. The molecule has 0 unspecified atom stereocenters. The van der Waals surface area contributed by atoms with Gasteiger partial charge in [-0.3, -0.25) is 9.89 Å². The van der Waals surface area contributed by atoms with Crippen LogP contribution in [0.25, 0.3) is 16.8 Å². The van der Waals surface area contributed by atoms with Gasteiger partial charge in [-0.2, -0.15) is 18.3 Å². The molecule has 7 nitrogen and oxygen atoms in total. The fourth-order valence-corrected chi connectivity index (χ4v) is 5.67. The van der Waals surface area contributed by atoms with E-state index in [4.69, 9.17) is 4.99 Å². The van der Waals surface area contributed by atoms with Crippen molar-refractivity contribution in [3.8, 4) is 11.3 Å². The molecule has 2 aromatic rings. The summed E-state index contributed by atoms with van der Waals surface area (Å²) in [6.45, 7) is 6.29. The number of likely N-dealkylation sites (tertiary alicyclic amines) is 1. The van der Waals surface area contributed by atoms with Gasteiger partial charge in [-0.1, -0.05) is 19.8 Å². The SMILES string of the molecule is CCC(C)=C(/N=C\C=C(/C)c1c(-c2ccc(F)c(C(F)(F)F)c2)n[nH]c1C1CCN(C(=O)CO)CC1)NC1CCCC1. The Bertz CT molecular complexity index is 1350. The zero-order chi connectivity index (χ0) is 30.4. The third-order valence-corrected chi connectivity index (χ3v) is 8.28. The number of nitrogens with zero attached hydrogens (tertiary/aromatic N) is 3. The van der Waals surface area contributed by atoms with Crippen molar-refractivity contribution >= 4 is 17.7 Å². The molecular weight excluding hydrogens is 550 g/mol. The number of aromatic nitrogens is 2. The van der Waals surface area contributed by atoms with Gasteiger partial charge in [0, 0.05) is 48.1 Å². The van der Waals surface area contributed by atoms with E-state index in [2.05, 4.69) is 22.4 Å². The van der Waals surface area contributed by atoms with Crippen molar-refractivity contribution in [2.45, 2.75) is 83.9 Å². The second-order valence-corrected chi connectivity index (χ2v) is 11.1. The Labute approximate surface area is 243 Å². The Kier molecular flexibility index (Phi) is 10.2. The predicted octanol–water partition coefficient (Wildman–Crippen LogP) is 6.58. The molecule has 228 valence electrons. The van der Waals surface area contributed by atoms with Gasteiger partial charge >= 0.3 is 6.18 Å². The molecule has 2 fully saturated rings. The number of nitrogens with one attached hydrogen (secondary N) is 2. The third kappa shape index (κ3) is 7.29. The lowest BCUT2D eigenvalue weighted by atomic mass is 9.87. The van der Waals surface area contributed by atoms with Crippen LogP contribution in [-0.4, -0.2) is 58.1 Å². The molecule has 4 rings (SSSR count). The highest BCUT2D eigenvalue weighted by Gasteiger charge is 2.35. The van der Waals surface area contributed by atoms with E-state index in [1.54, 1.807) is 11.1 Å². The van der Waals surface area contributed by atoms with Crippen molar-refractivity contribution in [2.75, 3.05) is 19.7 Å². The fourth-order valence-electron chi connectivity index (χ4n) is 5.67. The minimum Gasteiger partial charge on any atom is -0.387 e. The summed E-state index contributed by atoms with van der Waals surface area (Å²) in [5.41, 5.74) is 2.32. The average Bonchev–Trinajstić information content (AvgIpc) is 3.66. The Morgan fingerprint density at radius 1 is 1.19 bits per heavy atom. The first-order chi connectivity index (χ1) is 20.0. The van der Waals surface area contributed by atoms with Crippen LogP contribution < -0.4 is 5.32 Å². The van der Waals surface area contributed by atoms with Gasteiger partial charge in [0.2, 0.25) is 5.91 Å². The van der Waals surface area contributed by atoms with Crippen molar-refractivity contribution in [3.05, 3.63) is 58.3 Å². The van der Waals surface area contributed by atoms with Crippen molar-refractivity contribution in [3.63, 3.8) is 0 Å². The van der Waals surface area contributed by atoms with Crippen LogP contribution in [0.2, 0.25) is 0 Å². The summed E-state index contributed by atoms with van der Waals surface area (Å²) in [6, 6.07) is 3.30. The lowest BCUT2D eigenvalue weighted by Crippen LogP contribution is -2.39. The van der Waals surface area contributed by atoms with Crippen LogP contribution in [0.3, 0.4) is 0 Å². The number of aromatic amines is 1. The summed E-state index contributed by atoms with van der Waals surface area (Å²) in [5, 5.41) is 20.2. The Morgan fingerprint density at radius 3 is 2.50 bits per heavy atom. The zero-order valence-corrected chi connectivity index (χ0v) is 24.3. The summed E-state index contributed by atoms with van der Waals surface area (Å²) in [6.07, 6.45) is 5.27. The first-order valence-electron chi connectivity index (χ1n) is 14.5. The van der Waals surface area contributed by atoms with E-state index < -0.39 is 24.2 Å². The lowest BCUT2D eigenvalue weighted by molar-refractivity contribution is -0.140. The topological polar surface area (TPSA) is 93.6 Å². The van der Waals surface area contributed by atoms with Crippen LogP contribution in [0.5, 0.6) is 0 Å². The smallest absolute Gasteiger partial charge is 0.387 e. The van der Waals surface area contributed by atoms with E-state index in [0.717, 1.165) is 54.1 Å². The third-order valence-electron chi connectivity index (χ3n) is 8.28. The van der Waals surface area contributed by atoms with Crippen LogP contribution in [0.4, 0.5) is 17.6 Å². The average molecular weight is 590 g/mol. The van der Waals surface area contributed by atoms with Crippen molar-refractivity contribution in [1.29, 1.82) is 0 Å². The second kappa shape index (κ2) is 13.7. The number of allylic oxidation sites excluding steroid dienone is 3. The molecular formula is C31H39F4N5O2. The molecule has 1 aliphatic carbocycles. The quantitative estimate of drug-likeness (QED) is 0.228. The Hall–Kier alpha value is -3.47. The summed E-state index contributed by atoms with van der Waals surface area (Å²) in [7, 11) is 0. The molecule has 42 heavy (non-hydrogen) atoms. The molecule has 1 aromatic heterocycles. The maximum atomic E-state index is 14.1. The summed E-state index contributed by atoms with van der Waals surface area (Å²) in [5.74, 6) is -0.900. The van der Waals surface area contributed by atoms with Crippen LogP contribution in [0, 0.1) is 5.82 Å². The van der Waals surface area contributed by atoms with Crippen LogP contribution in [-0.2, 0) is 11.0 Å². The standard InChI is InChI=1S/C31H39F4N5O2/c1-4-19(2)30(37-23-7-5-6-8-23)36-14-11-20(3)27-28(21-12-15-40(16-13-21)26(42)18-41)38-39-29(27)22-9-10-25(32)24(17-22)31(33,34)35/h9-11,14,17,21,23,37,41H,4-8,12-13,15-16,18H2,1-3H3,(H,38,39)/b20-11+,30-19?,36-14-. The molecule has 0 radical (unpaired) electrons. The van der Waals surface area contributed by atoms with E-state index in [1.165, 1.54) is 18.9 Å². The van der Waals surface area contributed by atoms with E-state index in [0.29, 0.717) is 37.5 Å². The zero-order valence-electron chi connectivity index (χ0n) is 24.3. The summed E-state index contributed by atoms with van der Waals surface area (Å²) < 4.78 is 54.8. The number of hydrogen-bond acceptors (Lipinski definition) is 5. The number of piperidine rings is 1. The van der Waals surface area contributed by atoms with Gasteiger partial charge in [-0.15, -0.1) is 0 Å². The monoisotopic (exact) mass is 589 g/mol. The van der Waals surface area contributed by atoms with Crippen LogP contribution >= 0.6 is 0 Å². The summed E-state index contributed by atoms with van der Waals surface area (Å²) >= 11 is 0. The van der Waals surface area contributed by atoms with Gasteiger partial charge in [0.15, 0.2) is 0 Å². The highest BCUT2D eigenvalue weighted by atomic mass is 19.4. The first-order valence-corrected chi connectivity index (χ1v) is 14.5. The van der Waals surface area contributed by atoms with Gasteiger partial charge in [0.05, 0.1) is 11.3 Å². The van der Waals surface area contributed by atoms with E-state index in [1.807, 2.05) is 19.9 Å². The number of H-pyrrole nitrogens is 1.